The van der Waals surface area contributed by atoms with Crippen molar-refractivity contribution in [2.45, 2.75) is 12.3 Å². The topological polar surface area (TPSA) is 90.5 Å². The van der Waals surface area contributed by atoms with Crippen molar-refractivity contribution in [3.63, 3.8) is 0 Å². The van der Waals surface area contributed by atoms with E-state index in [1.54, 1.807) is 4.90 Å². The summed E-state index contributed by atoms with van der Waals surface area (Å²) in [5.41, 5.74) is 1.84. The number of anilines is 1. The zero-order chi connectivity index (χ0) is 16.2. The monoisotopic (exact) mass is 316 g/mol. The van der Waals surface area contributed by atoms with E-state index in [9.17, 15) is 14.4 Å². The summed E-state index contributed by atoms with van der Waals surface area (Å²) in [6.07, 6.45) is 0.351. The second-order valence-corrected chi connectivity index (χ2v) is 5.83. The van der Waals surface area contributed by atoms with Gasteiger partial charge in [-0.1, -0.05) is 18.2 Å². The maximum Gasteiger partial charge on any atom is 0.239 e. The molecule has 0 saturated carbocycles. The number of rotatable bonds is 4. The number of carbonyl (C=O) groups excluding carboxylic acids is 3. The number of carbonyl (C=O) groups is 3. The SMILES string of the molecule is O=C(CN1CCNCC1=O)NCC1CC(=O)Nc2ccccc21. The third-order valence-electron chi connectivity index (χ3n) is 4.17. The largest absolute Gasteiger partial charge is 0.354 e. The van der Waals surface area contributed by atoms with Crippen molar-refractivity contribution in [1.29, 1.82) is 0 Å². The molecule has 3 rings (SSSR count). The van der Waals surface area contributed by atoms with Crippen molar-refractivity contribution in [3.8, 4) is 0 Å². The smallest absolute Gasteiger partial charge is 0.239 e. The van der Waals surface area contributed by atoms with E-state index in [4.69, 9.17) is 0 Å². The molecule has 0 aromatic heterocycles. The number of amides is 3. The molecule has 122 valence electrons. The summed E-state index contributed by atoms with van der Waals surface area (Å²) in [5, 5.41) is 8.66. The van der Waals surface area contributed by atoms with Gasteiger partial charge in [-0.2, -0.15) is 0 Å². The molecule has 1 saturated heterocycles. The summed E-state index contributed by atoms with van der Waals surface area (Å²) in [6, 6.07) is 7.62. The Balaban J connectivity index is 1.57. The lowest BCUT2D eigenvalue weighted by Gasteiger charge is -2.28. The fourth-order valence-corrected chi connectivity index (χ4v) is 2.96. The molecule has 7 heteroatoms. The Morgan fingerprint density at radius 2 is 2.13 bits per heavy atom. The van der Waals surface area contributed by atoms with Crippen molar-refractivity contribution in [2.24, 2.45) is 0 Å². The molecule has 0 bridgehead atoms. The van der Waals surface area contributed by atoms with Gasteiger partial charge in [-0.3, -0.25) is 14.4 Å². The lowest BCUT2D eigenvalue weighted by molar-refractivity contribution is -0.136. The van der Waals surface area contributed by atoms with Gasteiger partial charge in [-0.15, -0.1) is 0 Å². The summed E-state index contributed by atoms with van der Waals surface area (Å²) in [4.78, 5) is 37.0. The predicted octanol–water partition coefficient (Wildman–Crippen LogP) is -0.340. The minimum absolute atomic E-state index is 0.0392. The number of nitrogens with zero attached hydrogens (tertiary/aromatic N) is 1. The molecule has 2 heterocycles. The number of hydrogen-bond donors (Lipinski definition) is 3. The summed E-state index contributed by atoms with van der Waals surface area (Å²) < 4.78 is 0. The van der Waals surface area contributed by atoms with Gasteiger partial charge in [0.15, 0.2) is 0 Å². The van der Waals surface area contributed by atoms with Crippen LogP contribution in [0, 0.1) is 0 Å². The molecule has 1 unspecified atom stereocenters. The lowest BCUT2D eigenvalue weighted by atomic mass is 9.90. The van der Waals surface area contributed by atoms with E-state index >= 15 is 0 Å². The first-order valence-electron chi connectivity index (χ1n) is 7.77. The Bertz CT molecular complexity index is 632. The van der Waals surface area contributed by atoms with E-state index in [0.717, 1.165) is 11.3 Å². The van der Waals surface area contributed by atoms with Crippen LogP contribution in [0.3, 0.4) is 0 Å². The minimum Gasteiger partial charge on any atom is -0.354 e. The molecule has 2 aliphatic heterocycles. The molecule has 1 atom stereocenters. The maximum atomic E-state index is 12.1. The predicted molar refractivity (Wildman–Crippen MR) is 84.9 cm³/mol. The van der Waals surface area contributed by atoms with Crippen LogP contribution in [0.5, 0.6) is 0 Å². The molecule has 2 aliphatic rings. The van der Waals surface area contributed by atoms with Crippen LogP contribution in [0.15, 0.2) is 24.3 Å². The highest BCUT2D eigenvalue weighted by Crippen LogP contribution is 2.31. The molecule has 7 nitrogen and oxygen atoms in total. The van der Waals surface area contributed by atoms with Gasteiger partial charge in [0.2, 0.25) is 17.7 Å². The van der Waals surface area contributed by atoms with E-state index < -0.39 is 0 Å². The van der Waals surface area contributed by atoms with Crippen LogP contribution in [-0.4, -0.2) is 55.3 Å². The molecule has 1 fully saturated rings. The van der Waals surface area contributed by atoms with Crippen molar-refractivity contribution in [2.75, 3.05) is 38.0 Å². The number of nitrogens with one attached hydrogen (secondary N) is 3. The van der Waals surface area contributed by atoms with Crippen LogP contribution in [0.4, 0.5) is 5.69 Å². The first-order chi connectivity index (χ1) is 11.1. The summed E-state index contributed by atoms with van der Waals surface area (Å²) in [6.45, 7) is 1.99. The molecule has 0 spiro atoms. The fourth-order valence-electron chi connectivity index (χ4n) is 2.96. The van der Waals surface area contributed by atoms with Crippen LogP contribution in [0.2, 0.25) is 0 Å². The van der Waals surface area contributed by atoms with Gasteiger partial charge in [-0.05, 0) is 11.6 Å². The van der Waals surface area contributed by atoms with Crippen LogP contribution in [0.1, 0.15) is 17.9 Å². The van der Waals surface area contributed by atoms with Crippen LogP contribution in [-0.2, 0) is 14.4 Å². The molecule has 3 N–H and O–H groups in total. The third kappa shape index (κ3) is 3.68. The molecule has 1 aromatic rings. The number of hydrogen-bond acceptors (Lipinski definition) is 4. The summed E-state index contributed by atoms with van der Waals surface area (Å²) in [5.74, 6) is -0.333. The van der Waals surface area contributed by atoms with Crippen molar-refractivity contribution >= 4 is 23.4 Å². The number of piperazine rings is 1. The molecular formula is C16H20N4O3. The van der Waals surface area contributed by atoms with Gasteiger partial charge in [0.25, 0.3) is 0 Å². The maximum absolute atomic E-state index is 12.1. The van der Waals surface area contributed by atoms with E-state index in [-0.39, 0.29) is 36.7 Å². The standard InChI is InChI=1S/C16H20N4O3/c21-14-7-11(12-3-1-2-4-13(12)19-14)8-18-15(22)10-20-6-5-17-9-16(20)23/h1-4,11,17H,5-10H2,(H,18,22)(H,19,21). The van der Waals surface area contributed by atoms with Gasteiger partial charge in [0, 0.05) is 37.7 Å². The van der Waals surface area contributed by atoms with E-state index in [0.29, 0.717) is 26.1 Å². The van der Waals surface area contributed by atoms with Crippen molar-refractivity contribution in [1.82, 2.24) is 15.5 Å². The minimum atomic E-state index is -0.191. The number of benzene rings is 1. The first kappa shape index (κ1) is 15.5. The van der Waals surface area contributed by atoms with Crippen LogP contribution < -0.4 is 16.0 Å². The second kappa shape index (κ2) is 6.78. The Labute approximate surface area is 134 Å². The number of fused-ring (bicyclic) bond motifs is 1. The molecule has 23 heavy (non-hydrogen) atoms. The van der Waals surface area contributed by atoms with E-state index in [1.165, 1.54) is 0 Å². The van der Waals surface area contributed by atoms with Gasteiger partial charge in [-0.25, -0.2) is 0 Å². The average Bonchev–Trinajstić information content (AvgIpc) is 2.54. The second-order valence-electron chi connectivity index (χ2n) is 5.83. The zero-order valence-electron chi connectivity index (χ0n) is 12.8. The Hall–Kier alpha value is -2.41. The summed E-state index contributed by atoms with van der Waals surface area (Å²) >= 11 is 0. The van der Waals surface area contributed by atoms with Crippen LogP contribution in [0.25, 0.3) is 0 Å². The van der Waals surface area contributed by atoms with Crippen LogP contribution >= 0.6 is 0 Å². The highest BCUT2D eigenvalue weighted by Gasteiger charge is 2.26. The van der Waals surface area contributed by atoms with Gasteiger partial charge in [0.05, 0.1) is 13.1 Å². The van der Waals surface area contributed by atoms with Gasteiger partial charge in [0.1, 0.15) is 0 Å². The normalized spacial score (nSPS) is 20.7. The Kier molecular flexibility index (Phi) is 4.57. The zero-order valence-corrected chi connectivity index (χ0v) is 12.8. The molecule has 3 amide bonds. The average molecular weight is 316 g/mol. The molecular weight excluding hydrogens is 296 g/mol. The fraction of sp³-hybridized carbons (Fsp3) is 0.438. The highest BCUT2D eigenvalue weighted by molar-refractivity contribution is 5.95. The Morgan fingerprint density at radius 3 is 2.96 bits per heavy atom. The third-order valence-corrected chi connectivity index (χ3v) is 4.17. The first-order valence-corrected chi connectivity index (χ1v) is 7.77. The van der Waals surface area contributed by atoms with Crippen molar-refractivity contribution in [3.05, 3.63) is 29.8 Å². The van der Waals surface area contributed by atoms with Crippen molar-refractivity contribution < 1.29 is 14.4 Å². The lowest BCUT2D eigenvalue weighted by Crippen LogP contribution is -2.51. The van der Waals surface area contributed by atoms with E-state index in [1.807, 2.05) is 24.3 Å². The number of para-hydroxylation sites is 1. The molecule has 0 radical (unpaired) electrons. The van der Waals surface area contributed by atoms with Gasteiger partial charge >= 0.3 is 0 Å². The highest BCUT2D eigenvalue weighted by atomic mass is 16.2. The molecule has 1 aromatic carbocycles. The molecule has 0 aliphatic carbocycles. The Morgan fingerprint density at radius 1 is 1.30 bits per heavy atom. The summed E-state index contributed by atoms with van der Waals surface area (Å²) in [7, 11) is 0. The van der Waals surface area contributed by atoms with E-state index in [2.05, 4.69) is 16.0 Å². The quantitative estimate of drug-likeness (QED) is 0.709. The van der Waals surface area contributed by atoms with Gasteiger partial charge < -0.3 is 20.9 Å².